The molecule has 4 aliphatic rings. The smallest absolute Gasteiger partial charge is 0.280 e. The number of carbonyl (C=O) groups excluding carboxylic acids is 3. The van der Waals surface area contributed by atoms with Crippen LogP contribution >= 0.6 is 0 Å². The zero-order chi connectivity index (χ0) is 24.0. The predicted molar refractivity (Wildman–Crippen MR) is 126 cm³/mol. The first-order valence-corrected chi connectivity index (χ1v) is 12.0. The van der Waals surface area contributed by atoms with Gasteiger partial charge in [-0.05, 0) is 42.9 Å². The van der Waals surface area contributed by atoms with Crippen molar-refractivity contribution in [2.24, 2.45) is 11.8 Å². The lowest BCUT2D eigenvalue weighted by Crippen LogP contribution is -2.59. The van der Waals surface area contributed by atoms with Crippen LogP contribution in [0.2, 0.25) is 0 Å². The SMILES string of the molecule is CC(C)CN1C(O)=C(C(=O)NC2CC2)C(=O)N2NCC(/C=C/C(=O)N3CCc4ccccc43)C12. The quantitative estimate of drug-likeness (QED) is 0.434. The minimum Gasteiger partial charge on any atom is -0.494 e. The summed E-state index contributed by atoms with van der Waals surface area (Å²) in [5.74, 6) is -1.54. The molecule has 3 amide bonds. The molecule has 2 fully saturated rings. The van der Waals surface area contributed by atoms with E-state index in [2.05, 4.69) is 10.7 Å². The molecule has 0 aromatic heterocycles. The lowest BCUT2D eigenvalue weighted by Gasteiger charge is -2.42. The molecule has 2 unspecified atom stereocenters. The normalized spacial score (nSPS) is 24.3. The summed E-state index contributed by atoms with van der Waals surface area (Å²) in [5, 5.41) is 15.3. The molecule has 1 aliphatic carbocycles. The molecule has 1 aromatic carbocycles. The Kier molecular flexibility index (Phi) is 5.81. The Morgan fingerprint density at radius 2 is 2.03 bits per heavy atom. The molecule has 2 atom stereocenters. The van der Waals surface area contributed by atoms with Crippen LogP contribution in [-0.2, 0) is 20.8 Å². The lowest BCUT2D eigenvalue weighted by molar-refractivity contribution is -0.142. The van der Waals surface area contributed by atoms with Gasteiger partial charge in [-0.3, -0.25) is 14.4 Å². The van der Waals surface area contributed by atoms with Crippen LogP contribution in [0.15, 0.2) is 47.9 Å². The van der Waals surface area contributed by atoms with Crippen LogP contribution in [0.4, 0.5) is 5.69 Å². The third kappa shape index (κ3) is 4.04. The van der Waals surface area contributed by atoms with E-state index in [-0.39, 0.29) is 35.2 Å². The number of para-hydroxylation sites is 1. The average molecular weight is 466 g/mol. The largest absolute Gasteiger partial charge is 0.494 e. The Hall–Kier alpha value is -3.33. The summed E-state index contributed by atoms with van der Waals surface area (Å²) >= 11 is 0. The van der Waals surface area contributed by atoms with E-state index in [0.29, 0.717) is 19.6 Å². The van der Waals surface area contributed by atoms with E-state index >= 15 is 0 Å². The van der Waals surface area contributed by atoms with Crippen molar-refractivity contribution in [3.8, 4) is 0 Å². The number of nitrogens with zero attached hydrogens (tertiary/aromatic N) is 3. The molecule has 0 radical (unpaired) electrons. The fraction of sp³-hybridized carbons (Fsp3) is 0.480. The average Bonchev–Trinajstić information content (AvgIpc) is 3.34. The third-order valence-corrected chi connectivity index (χ3v) is 6.73. The van der Waals surface area contributed by atoms with Crippen LogP contribution in [-0.4, -0.2) is 64.6 Å². The summed E-state index contributed by atoms with van der Waals surface area (Å²) < 4.78 is 0. The van der Waals surface area contributed by atoms with Gasteiger partial charge in [0, 0.05) is 37.3 Å². The van der Waals surface area contributed by atoms with Crippen molar-refractivity contribution < 1.29 is 19.5 Å². The van der Waals surface area contributed by atoms with Gasteiger partial charge in [0.1, 0.15) is 6.17 Å². The highest BCUT2D eigenvalue weighted by atomic mass is 16.3. The van der Waals surface area contributed by atoms with Crippen molar-refractivity contribution in [3.05, 3.63) is 53.4 Å². The molecule has 1 saturated heterocycles. The molecule has 9 heteroatoms. The molecule has 9 nitrogen and oxygen atoms in total. The topological polar surface area (TPSA) is 105 Å². The van der Waals surface area contributed by atoms with E-state index in [0.717, 1.165) is 30.5 Å². The summed E-state index contributed by atoms with van der Waals surface area (Å²) in [6.07, 6.45) is 5.45. The van der Waals surface area contributed by atoms with Crippen LogP contribution in [0.1, 0.15) is 32.3 Å². The zero-order valence-electron chi connectivity index (χ0n) is 19.5. The summed E-state index contributed by atoms with van der Waals surface area (Å²) in [6.45, 7) is 5.54. The number of hydrogen-bond acceptors (Lipinski definition) is 6. The van der Waals surface area contributed by atoms with E-state index in [1.165, 1.54) is 5.01 Å². The van der Waals surface area contributed by atoms with Crippen molar-refractivity contribution in [1.82, 2.24) is 20.7 Å². The third-order valence-electron chi connectivity index (χ3n) is 6.73. The Morgan fingerprint density at radius 3 is 2.76 bits per heavy atom. The van der Waals surface area contributed by atoms with Crippen molar-refractivity contribution in [1.29, 1.82) is 0 Å². The maximum Gasteiger partial charge on any atom is 0.280 e. The maximum absolute atomic E-state index is 13.2. The Labute approximate surface area is 199 Å². The number of rotatable bonds is 6. The number of fused-ring (bicyclic) bond motifs is 2. The van der Waals surface area contributed by atoms with Crippen LogP contribution in [0, 0.1) is 11.8 Å². The number of benzene rings is 1. The summed E-state index contributed by atoms with van der Waals surface area (Å²) in [6, 6.07) is 7.96. The van der Waals surface area contributed by atoms with Gasteiger partial charge < -0.3 is 20.2 Å². The molecule has 5 rings (SSSR count). The first kappa shape index (κ1) is 22.5. The van der Waals surface area contributed by atoms with Gasteiger partial charge in [0.25, 0.3) is 17.7 Å². The molecule has 0 bridgehead atoms. The Balaban J connectivity index is 1.38. The number of hydrogen-bond donors (Lipinski definition) is 3. The van der Waals surface area contributed by atoms with Crippen LogP contribution in [0.25, 0.3) is 0 Å². The summed E-state index contributed by atoms with van der Waals surface area (Å²) in [7, 11) is 0. The monoisotopic (exact) mass is 465 g/mol. The number of nitrogens with one attached hydrogen (secondary N) is 2. The second kappa shape index (κ2) is 8.79. The molecule has 3 aliphatic heterocycles. The summed E-state index contributed by atoms with van der Waals surface area (Å²) in [4.78, 5) is 42.4. The zero-order valence-corrected chi connectivity index (χ0v) is 19.5. The highest BCUT2D eigenvalue weighted by Crippen LogP contribution is 2.33. The highest BCUT2D eigenvalue weighted by Gasteiger charge is 2.49. The molecule has 3 N–H and O–H groups in total. The lowest BCUT2D eigenvalue weighted by atomic mass is 10.0. The van der Waals surface area contributed by atoms with Gasteiger partial charge in [0.05, 0.1) is 0 Å². The van der Waals surface area contributed by atoms with E-state index in [1.54, 1.807) is 15.9 Å². The van der Waals surface area contributed by atoms with Gasteiger partial charge in [-0.2, -0.15) is 0 Å². The molecule has 0 spiro atoms. The fourth-order valence-corrected chi connectivity index (χ4v) is 4.94. The second-order valence-corrected chi connectivity index (χ2v) is 9.84. The molecular weight excluding hydrogens is 434 g/mol. The standard InChI is InChI=1S/C25H31N5O4/c1-15(2)14-29-23-17(7-10-20(31)28-12-11-16-5-3-4-6-19(16)28)13-26-30(23)25(34)21(24(29)33)22(32)27-18-8-9-18/h3-7,10,15,17-18,23,26,33H,8-9,11-14H2,1-2H3,(H,27,32)/b10-7+. The van der Waals surface area contributed by atoms with Crippen LogP contribution < -0.4 is 15.6 Å². The number of carbonyl (C=O) groups is 3. The Bertz CT molecular complexity index is 1080. The van der Waals surface area contributed by atoms with E-state index < -0.39 is 18.0 Å². The number of aliphatic hydroxyl groups is 1. The van der Waals surface area contributed by atoms with Gasteiger partial charge in [-0.15, -0.1) is 0 Å². The van der Waals surface area contributed by atoms with Gasteiger partial charge in [-0.1, -0.05) is 38.1 Å². The number of amides is 3. The van der Waals surface area contributed by atoms with Crippen molar-refractivity contribution in [3.63, 3.8) is 0 Å². The minimum atomic E-state index is -0.545. The first-order chi connectivity index (χ1) is 16.3. The molecular formula is C25H31N5O4. The van der Waals surface area contributed by atoms with E-state index in [1.807, 2.05) is 44.2 Å². The minimum absolute atomic E-state index is 0.0702. The molecule has 180 valence electrons. The van der Waals surface area contributed by atoms with Gasteiger partial charge >= 0.3 is 0 Å². The molecule has 1 saturated carbocycles. The highest BCUT2D eigenvalue weighted by molar-refractivity contribution is 6.19. The summed E-state index contributed by atoms with van der Waals surface area (Å²) in [5.41, 5.74) is 4.95. The fourth-order valence-electron chi connectivity index (χ4n) is 4.94. The molecule has 34 heavy (non-hydrogen) atoms. The predicted octanol–water partition coefficient (Wildman–Crippen LogP) is 1.44. The molecule has 3 heterocycles. The van der Waals surface area contributed by atoms with Gasteiger partial charge in [0.2, 0.25) is 5.88 Å². The number of aliphatic hydroxyl groups excluding tert-OH is 1. The second-order valence-electron chi connectivity index (χ2n) is 9.84. The van der Waals surface area contributed by atoms with Gasteiger partial charge in [-0.25, -0.2) is 10.4 Å². The van der Waals surface area contributed by atoms with E-state index in [9.17, 15) is 19.5 Å². The van der Waals surface area contributed by atoms with Gasteiger partial charge in [0.15, 0.2) is 5.57 Å². The van der Waals surface area contributed by atoms with Crippen molar-refractivity contribution in [2.45, 2.75) is 45.3 Å². The number of anilines is 1. The number of hydrazine groups is 1. The molecule has 1 aromatic rings. The van der Waals surface area contributed by atoms with Crippen molar-refractivity contribution >= 4 is 23.4 Å². The van der Waals surface area contributed by atoms with Crippen molar-refractivity contribution in [2.75, 3.05) is 24.5 Å². The Morgan fingerprint density at radius 1 is 1.26 bits per heavy atom. The van der Waals surface area contributed by atoms with Crippen LogP contribution in [0.3, 0.4) is 0 Å². The van der Waals surface area contributed by atoms with E-state index in [4.69, 9.17) is 0 Å². The van der Waals surface area contributed by atoms with Crippen LogP contribution in [0.5, 0.6) is 0 Å². The first-order valence-electron chi connectivity index (χ1n) is 12.0. The maximum atomic E-state index is 13.2.